The number of thiophene rings is 1. The van der Waals surface area contributed by atoms with Crippen molar-refractivity contribution in [1.82, 2.24) is 0 Å². The van der Waals surface area contributed by atoms with Gasteiger partial charge >= 0.3 is 0 Å². The maximum absolute atomic E-state index is 10.6. The highest BCUT2D eigenvalue weighted by molar-refractivity contribution is 7.16. The van der Waals surface area contributed by atoms with Crippen LogP contribution in [0.5, 0.6) is 0 Å². The Morgan fingerprint density at radius 2 is 2.00 bits per heavy atom. The summed E-state index contributed by atoms with van der Waals surface area (Å²) in [4.78, 5) is 0.811. The summed E-state index contributed by atoms with van der Waals surface area (Å²) in [5.41, 5.74) is -0.366. The van der Waals surface area contributed by atoms with Gasteiger partial charge in [0.05, 0.1) is 15.8 Å². The molecule has 1 aromatic rings. The highest BCUT2D eigenvalue weighted by Crippen LogP contribution is 2.51. The molecule has 0 radical (unpaired) electrons. The van der Waals surface area contributed by atoms with E-state index in [4.69, 9.17) is 11.6 Å². The molecule has 0 amide bonds. The van der Waals surface area contributed by atoms with Gasteiger partial charge in [-0.3, -0.25) is 0 Å². The molecule has 0 aliphatic heterocycles. The third kappa shape index (κ3) is 3.03. The number of nitriles is 1. The largest absolute Gasteiger partial charge is 0.386 e. The van der Waals surface area contributed by atoms with Gasteiger partial charge in [0.15, 0.2) is 0 Å². The molecule has 0 aromatic carbocycles. The predicted octanol–water partition coefficient (Wildman–Crippen LogP) is 5.18. The van der Waals surface area contributed by atoms with Crippen LogP contribution in [0.2, 0.25) is 4.34 Å². The van der Waals surface area contributed by atoms with Gasteiger partial charge in [-0.2, -0.15) is 5.26 Å². The molecule has 110 valence electrons. The zero-order chi connectivity index (χ0) is 15.0. The first-order chi connectivity index (χ1) is 9.28. The molecular formula is C16H22ClNOS. The molecule has 2 rings (SSSR count). The Kier molecular flexibility index (Phi) is 4.49. The maximum Gasteiger partial charge on any atom is 0.107 e. The molecule has 20 heavy (non-hydrogen) atoms. The lowest BCUT2D eigenvalue weighted by Crippen LogP contribution is -2.35. The monoisotopic (exact) mass is 311 g/mol. The van der Waals surface area contributed by atoms with Crippen molar-refractivity contribution in [1.29, 1.82) is 5.26 Å². The average Bonchev–Trinajstić information content (AvgIpc) is 2.83. The Labute approximate surface area is 130 Å². The van der Waals surface area contributed by atoms with E-state index in [1.807, 2.05) is 6.07 Å². The number of aliphatic hydroxyl groups excluding tert-OH is 1. The molecule has 1 heterocycles. The lowest BCUT2D eigenvalue weighted by Gasteiger charge is -2.42. The van der Waals surface area contributed by atoms with Crippen LogP contribution in [0.1, 0.15) is 57.4 Å². The maximum atomic E-state index is 10.6. The molecule has 1 aromatic heterocycles. The number of aliphatic hydroxyl groups is 1. The van der Waals surface area contributed by atoms with Gasteiger partial charge in [-0.25, -0.2) is 0 Å². The molecule has 1 atom stereocenters. The molecule has 1 unspecified atom stereocenters. The van der Waals surface area contributed by atoms with Gasteiger partial charge in [0.25, 0.3) is 0 Å². The molecule has 1 saturated carbocycles. The van der Waals surface area contributed by atoms with Crippen LogP contribution < -0.4 is 0 Å². The fourth-order valence-corrected chi connectivity index (χ4v) is 4.36. The van der Waals surface area contributed by atoms with Crippen molar-refractivity contribution < 1.29 is 5.11 Å². The lowest BCUT2D eigenvalue weighted by atomic mass is 9.62. The van der Waals surface area contributed by atoms with Crippen LogP contribution in [-0.4, -0.2) is 5.11 Å². The van der Waals surface area contributed by atoms with Crippen molar-refractivity contribution in [3.8, 4) is 6.07 Å². The lowest BCUT2D eigenvalue weighted by molar-refractivity contribution is 0.0105. The van der Waals surface area contributed by atoms with Crippen molar-refractivity contribution >= 4 is 22.9 Å². The van der Waals surface area contributed by atoms with Crippen LogP contribution in [0.3, 0.4) is 0 Å². The van der Waals surface area contributed by atoms with Crippen molar-refractivity contribution in [2.75, 3.05) is 0 Å². The first-order valence-electron chi connectivity index (χ1n) is 7.13. The van der Waals surface area contributed by atoms with E-state index < -0.39 is 11.5 Å². The van der Waals surface area contributed by atoms with E-state index in [2.05, 4.69) is 26.8 Å². The van der Waals surface area contributed by atoms with Crippen LogP contribution >= 0.6 is 22.9 Å². The Hall–Kier alpha value is -0.560. The highest BCUT2D eigenvalue weighted by atomic mass is 35.5. The fourth-order valence-electron chi connectivity index (χ4n) is 3.19. The van der Waals surface area contributed by atoms with Gasteiger partial charge in [-0.15, -0.1) is 11.3 Å². The van der Waals surface area contributed by atoms with Crippen LogP contribution in [0.25, 0.3) is 0 Å². The van der Waals surface area contributed by atoms with E-state index in [1.165, 1.54) is 11.3 Å². The van der Waals surface area contributed by atoms with Gasteiger partial charge in [0.2, 0.25) is 0 Å². The Morgan fingerprint density at radius 1 is 1.40 bits per heavy atom. The SMILES string of the molecule is CC(C)(C)C1CCC(C#N)(C(O)c2ccc(Cl)s2)CC1. The quantitative estimate of drug-likeness (QED) is 0.817. The first-order valence-corrected chi connectivity index (χ1v) is 8.32. The number of hydrogen-bond acceptors (Lipinski definition) is 3. The van der Waals surface area contributed by atoms with Crippen LogP contribution in [0, 0.1) is 28.1 Å². The molecule has 1 N–H and O–H groups in total. The molecule has 0 spiro atoms. The highest BCUT2D eigenvalue weighted by Gasteiger charge is 2.44. The molecule has 2 nitrogen and oxygen atoms in total. The van der Waals surface area contributed by atoms with E-state index in [0.29, 0.717) is 10.3 Å². The summed E-state index contributed by atoms with van der Waals surface area (Å²) in [5.74, 6) is 0.628. The molecule has 1 aliphatic rings. The molecule has 0 saturated heterocycles. The normalized spacial score (nSPS) is 28.9. The molecule has 4 heteroatoms. The second-order valence-corrected chi connectivity index (χ2v) is 8.70. The summed E-state index contributed by atoms with van der Waals surface area (Å²) in [6.45, 7) is 6.77. The topological polar surface area (TPSA) is 44.0 Å². The third-order valence-corrected chi connectivity index (χ3v) is 6.00. The predicted molar refractivity (Wildman–Crippen MR) is 83.7 cm³/mol. The van der Waals surface area contributed by atoms with Crippen molar-refractivity contribution in [2.24, 2.45) is 16.7 Å². The fraction of sp³-hybridized carbons (Fsp3) is 0.688. The summed E-state index contributed by atoms with van der Waals surface area (Å²) in [5, 5.41) is 20.3. The standard InChI is InChI=1S/C16H22ClNOS/c1-15(2,3)11-6-8-16(10-18,9-7-11)14(19)12-4-5-13(17)20-12/h4-5,11,14,19H,6-9H2,1-3H3. The van der Waals surface area contributed by atoms with E-state index >= 15 is 0 Å². The second kappa shape index (κ2) is 5.67. The molecule has 1 aliphatic carbocycles. The average molecular weight is 312 g/mol. The minimum atomic E-state index is -0.717. The van der Waals surface area contributed by atoms with E-state index in [0.717, 1.165) is 30.6 Å². The van der Waals surface area contributed by atoms with E-state index in [-0.39, 0.29) is 5.41 Å². The number of rotatable bonds is 2. The van der Waals surface area contributed by atoms with Gasteiger partial charge in [-0.1, -0.05) is 32.4 Å². The van der Waals surface area contributed by atoms with Gasteiger partial charge in [0, 0.05) is 4.88 Å². The summed E-state index contributed by atoms with van der Waals surface area (Å²) in [6, 6.07) is 6.04. The van der Waals surface area contributed by atoms with Crippen molar-refractivity contribution in [3.63, 3.8) is 0 Å². The minimum Gasteiger partial charge on any atom is -0.386 e. The van der Waals surface area contributed by atoms with E-state index in [9.17, 15) is 10.4 Å². The van der Waals surface area contributed by atoms with Crippen LogP contribution in [-0.2, 0) is 0 Å². The summed E-state index contributed by atoms with van der Waals surface area (Å²) in [7, 11) is 0. The van der Waals surface area contributed by atoms with Crippen molar-refractivity contribution in [3.05, 3.63) is 21.3 Å². The number of hydrogen-bond donors (Lipinski definition) is 1. The molecule has 0 bridgehead atoms. The first kappa shape index (κ1) is 15.8. The van der Waals surface area contributed by atoms with Gasteiger partial charge < -0.3 is 5.11 Å². The van der Waals surface area contributed by atoms with Crippen LogP contribution in [0.4, 0.5) is 0 Å². The summed E-state index contributed by atoms with van der Waals surface area (Å²) >= 11 is 7.31. The zero-order valence-electron chi connectivity index (χ0n) is 12.3. The molecule has 1 fully saturated rings. The van der Waals surface area contributed by atoms with Crippen LogP contribution in [0.15, 0.2) is 12.1 Å². The van der Waals surface area contributed by atoms with E-state index in [1.54, 1.807) is 6.07 Å². The van der Waals surface area contributed by atoms with Crippen molar-refractivity contribution in [2.45, 2.75) is 52.6 Å². The number of nitrogens with zero attached hydrogens (tertiary/aromatic N) is 1. The third-order valence-electron chi connectivity index (χ3n) is 4.71. The Morgan fingerprint density at radius 3 is 2.40 bits per heavy atom. The Bertz CT molecular complexity index is 503. The smallest absolute Gasteiger partial charge is 0.107 e. The summed E-state index contributed by atoms with van der Waals surface area (Å²) < 4.78 is 0.663. The number of halogens is 1. The van der Waals surface area contributed by atoms with Gasteiger partial charge in [0.1, 0.15) is 6.10 Å². The van der Waals surface area contributed by atoms with Gasteiger partial charge in [-0.05, 0) is 49.1 Å². The Balaban J connectivity index is 2.15. The minimum absolute atomic E-state index is 0.277. The zero-order valence-corrected chi connectivity index (χ0v) is 13.9. The second-order valence-electron chi connectivity index (χ2n) is 6.95. The summed E-state index contributed by atoms with van der Waals surface area (Å²) in [6.07, 6.45) is 2.83. The molecular weight excluding hydrogens is 290 g/mol.